The molecule has 2 bridgehead atoms. The topological polar surface area (TPSA) is 41.3 Å². The summed E-state index contributed by atoms with van der Waals surface area (Å²) in [5.41, 5.74) is 0.483. The first-order valence-electron chi connectivity index (χ1n) is 7.36. The third kappa shape index (κ3) is 2.00. The van der Waals surface area contributed by atoms with Gasteiger partial charge in [0.25, 0.3) is 0 Å². The normalized spacial score (nSPS) is 28.2. The van der Waals surface area contributed by atoms with Crippen LogP contribution in [0.15, 0.2) is 10.6 Å². The van der Waals surface area contributed by atoms with Gasteiger partial charge < -0.3 is 14.7 Å². The van der Waals surface area contributed by atoms with E-state index in [0.29, 0.717) is 28.7 Å². The molecule has 1 unspecified atom stereocenters. The van der Waals surface area contributed by atoms with Crippen LogP contribution in [0.5, 0.6) is 0 Å². The summed E-state index contributed by atoms with van der Waals surface area (Å²) in [6, 6.07) is 1.46. The zero-order valence-electron chi connectivity index (χ0n) is 11.8. The molecular formula is C15H17F2N3O. The number of benzene rings is 1. The second kappa shape index (κ2) is 4.66. The highest BCUT2D eigenvalue weighted by molar-refractivity contribution is 5.90. The van der Waals surface area contributed by atoms with Gasteiger partial charge >= 0.3 is 0 Å². The van der Waals surface area contributed by atoms with Crippen molar-refractivity contribution in [3.05, 3.63) is 23.3 Å². The Morgan fingerprint density at radius 3 is 2.76 bits per heavy atom. The first kappa shape index (κ1) is 13.0. The average molecular weight is 293 g/mol. The molecule has 21 heavy (non-hydrogen) atoms. The van der Waals surface area contributed by atoms with Gasteiger partial charge in [-0.15, -0.1) is 0 Å². The third-order valence-corrected chi connectivity index (χ3v) is 4.86. The zero-order chi connectivity index (χ0) is 14.6. The molecule has 3 saturated heterocycles. The molecule has 3 aliphatic heterocycles. The molecular weight excluding hydrogens is 276 g/mol. The second-order valence-electron chi connectivity index (χ2n) is 6.09. The van der Waals surface area contributed by atoms with Gasteiger partial charge in [0.1, 0.15) is 0 Å². The number of aromatic nitrogens is 1. The van der Waals surface area contributed by atoms with Crippen LogP contribution in [0.3, 0.4) is 0 Å². The van der Waals surface area contributed by atoms with Crippen LogP contribution in [0.2, 0.25) is 0 Å². The Hall–Kier alpha value is -1.69. The predicted molar refractivity (Wildman–Crippen MR) is 75.2 cm³/mol. The molecule has 3 aliphatic rings. The van der Waals surface area contributed by atoms with Crippen molar-refractivity contribution >= 4 is 16.8 Å². The number of rotatable bonds is 2. The van der Waals surface area contributed by atoms with E-state index < -0.39 is 11.6 Å². The smallest absolute Gasteiger partial charge is 0.177 e. The van der Waals surface area contributed by atoms with Gasteiger partial charge in [0.05, 0.1) is 5.39 Å². The van der Waals surface area contributed by atoms with Crippen molar-refractivity contribution < 1.29 is 13.3 Å². The van der Waals surface area contributed by atoms with Gasteiger partial charge in [-0.05, 0) is 44.8 Å². The maximum absolute atomic E-state index is 13.6. The van der Waals surface area contributed by atoms with Crippen LogP contribution in [-0.4, -0.2) is 35.7 Å². The number of piperidine rings is 3. The molecule has 1 atom stereocenters. The molecule has 1 aromatic carbocycles. The Morgan fingerprint density at radius 1 is 1.33 bits per heavy atom. The number of hydrogen-bond acceptors (Lipinski definition) is 4. The van der Waals surface area contributed by atoms with Crippen LogP contribution in [-0.2, 0) is 0 Å². The van der Waals surface area contributed by atoms with Crippen molar-refractivity contribution in [1.82, 2.24) is 10.1 Å². The molecule has 5 rings (SSSR count). The fourth-order valence-corrected chi connectivity index (χ4v) is 3.58. The molecule has 0 aliphatic carbocycles. The van der Waals surface area contributed by atoms with Gasteiger partial charge in [0.2, 0.25) is 0 Å². The summed E-state index contributed by atoms with van der Waals surface area (Å²) >= 11 is 0. The Labute approximate surface area is 121 Å². The van der Waals surface area contributed by atoms with Crippen LogP contribution >= 0.6 is 0 Å². The Kier molecular flexibility index (Phi) is 2.89. The van der Waals surface area contributed by atoms with E-state index in [-0.39, 0.29) is 5.56 Å². The molecule has 0 amide bonds. The Bertz CT molecular complexity index is 692. The summed E-state index contributed by atoms with van der Waals surface area (Å²) in [7, 11) is 0. The summed E-state index contributed by atoms with van der Waals surface area (Å²) in [4.78, 5) is 2.42. The fraction of sp³-hybridized carbons (Fsp3) is 0.533. The second-order valence-corrected chi connectivity index (χ2v) is 6.09. The lowest BCUT2D eigenvalue weighted by Gasteiger charge is -2.44. The number of fused-ring (bicyclic) bond motifs is 4. The SMILES string of the molecule is Cc1c(F)c(F)cc2c(NC3CN4CCC3CC4)noc12. The Balaban J connectivity index is 1.68. The quantitative estimate of drug-likeness (QED) is 0.924. The summed E-state index contributed by atoms with van der Waals surface area (Å²) in [5, 5.41) is 7.87. The van der Waals surface area contributed by atoms with E-state index >= 15 is 0 Å². The van der Waals surface area contributed by atoms with Crippen molar-refractivity contribution in [1.29, 1.82) is 0 Å². The predicted octanol–water partition coefficient (Wildman–Crippen LogP) is 2.92. The zero-order valence-corrected chi connectivity index (χ0v) is 11.8. The lowest BCUT2D eigenvalue weighted by Crippen LogP contribution is -2.53. The molecule has 3 fully saturated rings. The van der Waals surface area contributed by atoms with Gasteiger partial charge in [0, 0.05) is 18.2 Å². The lowest BCUT2D eigenvalue weighted by atomic mass is 9.84. The fourth-order valence-electron chi connectivity index (χ4n) is 3.58. The van der Waals surface area contributed by atoms with Crippen LogP contribution in [0.1, 0.15) is 18.4 Å². The minimum absolute atomic E-state index is 0.166. The molecule has 4 nitrogen and oxygen atoms in total. The van der Waals surface area contributed by atoms with Gasteiger partial charge in [-0.3, -0.25) is 0 Å². The third-order valence-electron chi connectivity index (χ3n) is 4.86. The molecule has 2 aromatic rings. The molecule has 0 spiro atoms. The minimum atomic E-state index is -0.868. The molecule has 4 heterocycles. The summed E-state index contributed by atoms with van der Waals surface area (Å²) < 4.78 is 32.4. The summed E-state index contributed by atoms with van der Waals surface area (Å²) in [6.07, 6.45) is 2.35. The molecule has 6 heteroatoms. The lowest BCUT2D eigenvalue weighted by molar-refractivity contribution is 0.0973. The molecule has 0 saturated carbocycles. The van der Waals surface area contributed by atoms with Crippen LogP contribution in [0, 0.1) is 24.5 Å². The number of halogens is 2. The van der Waals surface area contributed by atoms with Gasteiger partial charge in [-0.2, -0.15) is 0 Å². The van der Waals surface area contributed by atoms with E-state index in [9.17, 15) is 8.78 Å². The molecule has 1 N–H and O–H groups in total. The van der Waals surface area contributed by atoms with Gasteiger partial charge in [-0.25, -0.2) is 8.78 Å². The van der Waals surface area contributed by atoms with Crippen LogP contribution in [0.4, 0.5) is 14.6 Å². The van der Waals surface area contributed by atoms with E-state index in [1.807, 2.05) is 0 Å². The highest BCUT2D eigenvalue weighted by Gasteiger charge is 2.34. The maximum atomic E-state index is 13.6. The highest BCUT2D eigenvalue weighted by Crippen LogP contribution is 2.33. The maximum Gasteiger partial charge on any atom is 0.177 e. The van der Waals surface area contributed by atoms with E-state index in [1.165, 1.54) is 19.8 Å². The molecule has 112 valence electrons. The highest BCUT2D eigenvalue weighted by atomic mass is 19.2. The molecule has 1 aromatic heterocycles. The van der Waals surface area contributed by atoms with E-state index in [4.69, 9.17) is 4.52 Å². The van der Waals surface area contributed by atoms with Crippen molar-refractivity contribution in [3.63, 3.8) is 0 Å². The van der Waals surface area contributed by atoms with Crippen molar-refractivity contribution in [2.75, 3.05) is 25.0 Å². The van der Waals surface area contributed by atoms with Crippen molar-refractivity contribution in [2.45, 2.75) is 25.8 Å². The number of nitrogens with zero attached hydrogens (tertiary/aromatic N) is 2. The van der Waals surface area contributed by atoms with E-state index in [2.05, 4.69) is 15.4 Å². The van der Waals surface area contributed by atoms with Crippen molar-refractivity contribution in [2.24, 2.45) is 5.92 Å². The first-order valence-corrected chi connectivity index (χ1v) is 7.36. The minimum Gasteiger partial charge on any atom is -0.362 e. The molecule has 0 radical (unpaired) electrons. The number of nitrogens with one attached hydrogen (secondary N) is 1. The summed E-state index contributed by atoms with van der Waals surface area (Å²) in [6.45, 7) is 4.79. The van der Waals surface area contributed by atoms with Crippen LogP contribution in [0.25, 0.3) is 11.0 Å². The van der Waals surface area contributed by atoms with Gasteiger partial charge in [0.15, 0.2) is 23.0 Å². The average Bonchev–Trinajstić information content (AvgIpc) is 2.89. The number of aryl methyl sites for hydroxylation is 1. The largest absolute Gasteiger partial charge is 0.362 e. The van der Waals surface area contributed by atoms with E-state index in [0.717, 1.165) is 25.7 Å². The Morgan fingerprint density at radius 2 is 2.10 bits per heavy atom. The first-order chi connectivity index (χ1) is 10.1. The summed E-state index contributed by atoms with van der Waals surface area (Å²) in [5.74, 6) is -0.591. The number of anilines is 1. The van der Waals surface area contributed by atoms with Crippen molar-refractivity contribution in [3.8, 4) is 0 Å². The van der Waals surface area contributed by atoms with E-state index in [1.54, 1.807) is 0 Å². The monoisotopic (exact) mass is 293 g/mol. The standard InChI is InChI=1S/C15H17F2N3O/c1-8-13(17)11(16)6-10-14(8)21-19-15(10)18-12-7-20-4-2-9(12)3-5-20/h6,9,12H,2-5,7H2,1H3,(H,18,19). The van der Waals surface area contributed by atoms with Crippen LogP contribution < -0.4 is 5.32 Å². The van der Waals surface area contributed by atoms with Gasteiger partial charge in [-0.1, -0.05) is 5.16 Å². The number of hydrogen-bond donors (Lipinski definition) is 1.